The molecule has 116 valence electrons. The Morgan fingerprint density at radius 3 is 2.68 bits per heavy atom. The fourth-order valence-corrected chi connectivity index (χ4v) is 2.50. The molecule has 1 aromatic carbocycles. The summed E-state index contributed by atoms with van der Waals surface area (Å²) in [7, 11) is 0. The Morgan fingerprint density at radius 1 is 1.41 bits per heavy atom. The highest BCUT2D eigenvalue weighted by molar-refractivity contribution is 7.09. The monoisotopic (exact) mass is 320 g/mol. The van der Waals surface area contributed by atoms with E-state index in [9.17, 15) is 14.3 Å². The van der Waals surface area contributed by atoms with Gasteiger partial charge < -0.3 is 10.4 Å². The minimum absolute atomic E-state index is 0.320. The van der Waals surface area contributed by atoms with Crippen molar-refractivity contribution in [2.75, 3.05) is 0 Å². The number of hydrogen-bond acceptors (Lipinski definition) is 4. The van der Waals surface area contributed by atoms with E-state index in [1.54, 1.807) is 13.0 Å². The molecule has 22 heavy (non-hydrogen) atoms. The molecular weight excluding hydrogens is 303 g/mol. The molecule has 1 amide bonds. The number of aromatic nitrogens is 1. The van der Waals surface area contributed by atoms with Crippen LogP contribution in [0.3, 0.4) is 0 Å². The van der Waals surface area contributed by atoms with E-state index >= 15 is 0 Å². The van der Waals surface area contributed by atoms with Crippen LogP contribution in [0.15, 0.2) is 35.7 Å². The van der Waals surface area contributed by atoms with Crippen LogP contribution in [0, 0.1) is 12.7 Å². The van der Waals surface area contributed by atoms with E-state index in [-0.39, 0.29) is 11.7 Å². The maximum atomic E-state index is 12.9. The second kappa shape index (κ2) is 7.29. The van der Waals surface area contributed by atoms with Crippen LogP contribution >= 0.6 is 11.3 Å². The quantitative estimate of drug-likeness (QED) is 0.833. The van der Waals surface area contributed by atoms with E-state index in [0.29, 0.717) is 5.56 Å². The number of nitrogens with zero attached hydrogens (tertiary/aromatic N) is 1. The van der Waals surface area contributed by atoms with E-state index in [1.807, 2.05) is 12.3 Å². The molecular formula is C16H17FN2O2S. The van der Waals surface area contributed by atoms with Crippen LogP contribution in [-0.2, 0) is 4.79 Å². The Hall–Kier alpha value is -2.05. The van der Waals surface area contributed by atoms with Crippen LogP contribution in [0.4, 0.5) is 4.39 Å². The highest BCUT2D eigenvalue weighted by Gasteiger charge is 2.17. The van der Waals surface area contributed by atoms with Crippen LogP contribution in [0.5, 0.6) is 0 Å². The summed E-state index contributed by atoms with van der Waals surface area (Å²) in [6.07, 6.45) is 2.09. The van der Waals surface area contributed by atoms with Crippen molar-refractivity contribution in [2.45, 2.75) is 26.0 Å². The fourth-order valence-electron chi connectivity index (χ4n) is 1.92. The highest BCUT2D eigenvalue weighted by atomic mass is 32.1. The van der Waals surface area contributed by atoms with Crippen molar-refractivity contribution in [1.82, 2.24) is 10.3 Å². The van der Waals surface area contributed by atoms with Gasteiger partial charge in [0.25, 0.3) is 0 Å². The Kier molecular flexibility index (Phi) is 5.41. The summed E-state index contributed by atoms with van der Waals surface area (Å²) in [6, 6.07) is 5.04. The summed E-state index contributed by atoms with van der Waals surface area (Å²) < 4.78 is 12.9. The maximum Gasteiger partial charge on any atom is 0.244 e. The second-order valence-corrected chi connectivity index (χ2v) is 5.98. The number of benzene rings is 1. The lowest BCUT2D eigenvalue weighted by Gasteiger charge is -2.19. The van der Waals surface area contributed by atoms with Crippen LogP contribution in [0.1, 0.15) is 29.3 Å². The predicted molar refractivity (Wildman–Crippen MR) is 84.8 cm³/mol. The topological polar surface area (TPSA) is 62.2 Å². The number of carbonyl (C=O) groups is 1. The lowest BCUT2D eigenvalue weighted by atomic mass is 10.0. The van der Waals surface area contributed by atoms with Gasteiger partial charge in [0.05, 0.1) is 22.8 Å². The summed E-state index contributed by atoms with van der Waals surface area (Å²) in [6.45, 7) is 3.58. The first kappa shape index (κ1) is 16.3. The number of aryl methyl sites for hydroxylation is 1. The lowest BCUT2D eigenvalue weighted by molar-refractivity contribution is -0.117. The van der Waals surface area contributed by atoms with Gasteiger partial charge in [-0.1, -0.05) is 12.1 Å². The summed E-state index contributed by atoms with van der Waals surface area (Å²) in [5.74, 6) is -0.687. The van der Waals surface area contributed by atoms with Gasteiger partial charge in [0.1, 0.15) is 5.82 Å². The van der Waals surface area contributed by atoms with Crippen molar-refractivity contribution in [3.63, 3.8) is 0 Å². The van der Waals surface area contributed by atoms with Gasteiger partial charge in [-0.15, -0.1) is 11.3 Å². The number of rotatable bonds is 5. The molecule has 0 radical (unpaired) electrons. The number of halogens is 1. The van der Waals surface area contributed by atoms with Gasteiger partial charge in [-0.2, -0.15) is 0 Å². The van der Waals surface area contributed by atoms with Crippen molar-refractivity contribution in [2.24, 2.45) is 0 Å². The van der Waals surface area contributed by atoms with Gasteiger partial charge >= 0.3 is 0 Å². The zero-order valence-corrected chi connectivity index (χ0v) is 13.1. The Balaban J connectivity index is 1.92. The molecule has 0 saturated carbocycles. The Labute approximate surface area is 132 Å². The van der Waals surface area contributed by atoms with Crippen molar-refractivity contribution < 1.29 is 14.3 Å². The summed E-state index contributed by atoms with van der Waals surface area (Å²) >= 11 is 1.51. The molecule has 0 aliphatic rings. The van der Waals surface area contributed by atoms with Crippen molar-refractivity contribution in [1.29, 1.82) is 0 Å². The van der Waals surface area contributed by atoms with Gasteiger partial charge in [-0.25, -0.2) is 9.37 Å². The zero-order chi connectivity index (χ0) is 16.1. The molecule has 0 spiro atoms. The van der Waals surface area contributed by atoms with Gasteiger partial charge in [-0.3, -0.25) is 4.79 Å². The maximum absolute atomic E-state index is 12.9. The molecule has 0 aliphatic heterocycles. The minimum atomic E-state index is -0.903. The smallest absolute Gasteiger partial charge is 0.244 e. The Morgan fingerprint density at radius 2 is 2.09 bits per heavy atom. The number of aliphatic hydroxyl groups excluding tert-OH is 1. The zero-order valence-electron chi connectivity index (χ0n) is 12.3. The molecule has 2 rings (SSSR count). The average molecular weight is 320 g/mol. The molecule has 4 nitrogen and oxygen atoms in total. The molecule has 1 heterocycles. The van der Waals surface area contributed by atoms with Crippen LogP contribution in [0.2, 0.25) is 0 Å². The first-order chi connectivity index (χ1) is 10.5. The average Bonchev–Trinajstić information content (AvgIpc) is 2.91. The van der Waals surface area contributed by atoms with Gasteiger partial charge in [0.15, 0.2) is 0 Å². The number of nitrogens with one attached hydrogen (secondary N) is 1. The minimum Gasteiger partial charge on any atom is -0.386 e. The molecule has 2 aromatic rings. The third kappa shape index (κ3) is 4.47. The molecule has 0 bridgehead atoms. The lowest BCUT2D eigenvalue weighted by Crippen LogP contribution is -2.36. The molecule has 1 aromatic heterocycles. The normalized spacial score (nSPS) is 14.0. The van der Waals surface area contributed by atoms with E-state index in [2.05, 4.69) is 10.3 Å². The van der Waals surface area contributed by atoms with Crippen LogP contribution < -0.4 is 5.32 Å². The predicted octanol–water partition coefficient (Wildman–Crippen LogP) is 2.84. The molecule has 2 unspecified atom stereocenters. The standard InChI is InChI=1S/C16H17FN2O2S/c1-10(16(21)12-3-5-13(17)6-4-12)18-15(20)8-7-14-9-22-11(2)19-14/h3-10,16,21H,1-2H3,(H,18,20)/b8-7+. The van der Waals surface area contributed by atoms with E-state index in [0.717, 1.165) is 10.7 Å². The second-order valence-electron chi connectivity index (χ2n) is 4.92. The summed E-state index contributed by atoms with van der Waals surface area (Å²) in [5, 5.41) is 15.6. The Bertz CT molecular complexity index is 667. The molecule has 0 fully saturated rings. The van der Waals surface area contributed by atoms with Gasteiger partial charge in [0, 0.05) is 11.5 Å². The molecule has 0 aliphatic carbocycles. The number of carbonyl (C=O) groups excluding carboxylic acids is 1. The van der Waals surface area contributed by atoms with Crippen molar-refractivity contribution in [3.8, 4) is 0 Å². The number of aliphatic hydroxyl groups is 1. The first-order valence-electron chi connectivity index (χ1n) is 6.80. The van der Waals surface area contributed by atoms with Gasteiger partial charge in [-0.05, 0) is 37.6 Å². The molecule has 2 atom stereocenters. The number of thiazole rings is 1. The van der Waals surface area contributed by atoms with Crippen LogP contribution in [-0.4, -0.2) is 22.0 Å². The molecule has 6 heteroatoms. The molecule has 2 N–H and O–H groups in total. The van der Waals surface area contributed by atoms with Crippen LogP contribution in [0.25, 0.3) is 6.08 Å². The summed E-state index contributed by atoms with van der Waals surface area (Å²) in [5.41, 5.74) is 1.28. The third-order valence-electron chi connectivity index (χ3n) is 3.10. The molecule has 0 saturated heterocycles. The largest absolute Gasteiger partial charge is 0.386 e. The number of amides is 1. The summed E-state index contributed by atoms with van der Waals surface area (Å²) in [4.78, 5) is 16.0. The third-order valence-corrected chi connectivity index (χ3v) is 3.89. The highest BCUT2D eigenvalue weighted by Crippen LogP contribution is 2.17. The van der Waals surface area contributed by atoms with E-state index < -0.39 is 12.1 Å². The number of hydrogen-bond donors (Lipinski definition) is 2. The van der Waals surface area contributed by atoms with Crippen molar-refractivity contribution >= 4 is 23.3 Å². The van der Waals surface area contributed by atoms with Crippen molar-refractivity contribution in [3.05, 3.63) is 57.8 Å². The van der Waals surface area contributed by atoms with Gasteiger partial charge in [0.2, 0.25) is 5.91 Å². The van der Waals surface area contributed by atoms with E-state index in [1.165, 1.54) is 41.7 Å². The fraction of sp³-hybridized carbons (Fsp3) is 0.250. The SMILES string of the molecule is Cc1nc(/C=C/C(=O)NC(C)C(O)c2ccc(F)cc2)cs1. The first-order valence-corrected chi connectivity index (χ1v) is 7.68. The van der Waals surface area contributed by atoms with E-state index in [4.69, 9.17) is 0 Å².